The number of alkyl halides is 3. The summed E-state index contributed by atoms with van der Waals surface area (Å²) in [5, 5.41) is 5.33. The minimum atomic E-state index is -4.77. The number of nitrogens with one attached hydrogen (secondary N) is 3. The van der Waals surface area contributed by atoms with E-state index in [4.69, 9.17) is 4.42 Å². The van der Waals surface area contributed by atoms with E-state index in [2.05, 4.69) is 15.4 Å². The zero-order valence-electron chi connectivity index (χ0n) is 15.3. The van der Waals surface area contributed by atoms with Gasteiger partial charge in [-0.3, -0.25) is 9.59 Å². The molecule has 152 valence electrons. The van der Waals surface area contributed by atoms with Gasteiger partial charge in [0.25, 0.3) is 11.8 Å². The van der Waals surface area contributed by atoms with Crippen molar-refractivity contribution in [3.05, 3.63) is 48.4 Å². The topological polar surface area (TPSA) is 85.0 Å². The highest BCUT2D eigenvalue weighted by molar-refractivity contribution is 5.91. The molecule has 7 nitrogen and oxygen atoms in total. The number of likely N-dealkylation sites (N-methyl/N-ethyl adjacent to an activating group) is 1. The van der Waals surface area contributed by atoms with E-state index >= 15 is 0 Å². The van der Waals surface area contributed by atoms with Crippen LogP contribution in [-0.2, 0) is 9.59 Å². The van der Waals surface area contributed by atoms with E-state index < -0.39 is 6.36 Å². The number of benzene rings is 1. The summed E-state index contributed by atoms with van der Waals surface area (Å²) in [5.74, 6) is -0.381. The van der Waals surface area contributed by atoms with E-state index in [1.165, 1.54) is 18.4 Å². The van der Waals surface area contributed by atoms with Gasteiger partial charge in [0, 0.05) is 5.69 Å². The molecule has 1 heterocycles. The molecule has 0 bridgehead atoms. The second-order valence-corrected chi connectivity index (χ2v) is 6.24. The first kappa shape index (κ1) is 21.3. The highest BCUT2D eigenvalue weighted by Gasteiger charge is 2.31. The van der Waals surface area contributed by atoms with Crippen LogP contribution in [0, 0.1) is 0 Å². The molecular formula is C18H21F3N3O4+. The summed E-state index contributed by atoms with van der Waals surface area (Å²) >= 11 is 0. The lowest BCUT2D eigenvalue weighted by Gasteiger charge is -2.16. The van der Waals surface area contributed by atoms with Crippen LogP contribution in [0.15, 0.2) is 47.1 Å². The van der Waals surface area contributed by atoms with Crippen molar-refractivity contribution in [2.45, 2.75) is 19.3 Å². The molecule has 1 aromatic carbocycles. The first-order valence-corrected chi connectivity index (χ1v) is 8.42. The Morgan fingerprint density at radius 1 is 1.14 bits per heavy atom. The van der Waals surface area contributed by atoms with Gasteiger partial charge in [0.05, 0.1) is 19.4 Å². The van der Waals surface area contributed by atoms with Crippen molar-refractivity contribution in [1.29, 1.82) is 0 Å². The molecule has 28 heavy (non-hydrogen) atoms. The predicted molar refractivity (Wildman–Crippen MR) is 93.6 cm³/mol. The third kappa shape index (κ3) is 7.31. The van der Waals surface area contributed by atoms with Crippen LogP contribution in [0.3, 0.4) is 0 Å². The molecule has 1 aromatic heterocycles. The second-order valence-electron chi connectivity index (χ2n) is 6.24. The Labute approximate surface area is 159 Å². The van der Waals surface area contributed by atoms with E-state index in [1.54, 1.807) is 26.1 Å². The van der Waals surface area contributed by atoms with Gasteiger partial charge < -0.3 is 24.7 Å². The summed E-state index contributed by atoms with van der Waals surface area (Å²) in [6.07, 6.45) is -3.26. The third-order valence-electron chi connectivity index (χ3n) is 3.64. The Hall–Kier alpha value is -3.01. The number of anilines is 1. The van der Waals surface area contributed by atoms with Crippen LogP contribution in [0.4, 0.5) is 18.9 Å². The van der Waals surface area contributed by atoms with Gasteiger partial charge in [-0.1, -0.05) is 0 Å². The number of rotatable bonds is 8. The first-order chi connectivity index (χ1) is 13.1. The third-order valence-corrected chi connectivity index (χ3v) is 3.64. The van der Waals surface area contributed by atoms with Crippen LogP contribution < -0.4 is 20.3 Å². The van der Waals surface area contributed by atoms with E-state index in [1.807, 2.05) is 0 Å². The zero-order valence-corrected chi connectivity index (χ0v) is 15.3. The van der Waals surface area contributed by atoms with Gasteiger partial charge in [-0.05, 0) is 43.3 Å². The molecule has 0 radical (unpaired) electrons. The Bertz CT molecular complexity index is 776. The van der Waals surface area contributed by atoms with Crippen molar-refractivity contribution in [2.75, 3.05) is 25.5 Å². The van der Waals surface area contributed by atoms with Crippen LogP contribution in [0.25, 0.3) is 0 Å². The summed E-state index contributed by atoms with van der Waals surface area (Å²) in [6.45, 7) is 1.85. The van der Waals surface area contributed by atoms with Crippen molar-refractivity contribution < 1.29 is 36.8 Å². The normalized spacial score (nSPS) is 13.5. The smallest absolute Gasteiger partial charge is 0.467 e. The monoisotopic (exact) mass is 400 g/mol. The summed E-state index contributed by atoms with van der Waals surface area (Å²) in [4.78, 5) is 24.7. The Kier molecular flexibility index (Phi) is 7.05. The molecule has 2 amide bonds. The largest absolute Gasteiger partial charge is 0.573 e. The number of carbonyl (C=O) groups excluding carboxylic acids is 2. The number of amides is 2. The number of quaternary nitrogens is 1. The fraction of sp³-hybridized carbons (Fsp3) is 0.333. The van der Waals surface area contributed by atoms with Crippen molar-refractivity contribution in [2.24, 2.45) is 0 Å². The van der Waals surface area contributed by atoms with Crippen molar-refractivity contribution in [3.63, 3.8) is 0 Å². The minimum Gasteiger partial charge on any atom is -0.467 e. The predicted octanol–water partition coefficient (Wildman–Crippen LogP) is 1.51. The van der Waals surface area contributed by atoms with Gasteiger partial charge in [-0.15, -0.1) is 13.2 Å². The van der Waals surface area contributed by atoms with Gasteiger partial charge >= 0.3 is 6.36 Å². The molecule has 2 rings (SSSR count). The van der Waals surface area contributed by atoms with Crippen LogP contribution >= 0.6 is 0 Å². The molecule has 0 saturated carbocycles. The lowest BCUT2D eigenvalue weighted by molar-refractivity contribution is -0.862. The SMILES string of the molecule is C[C@@H](NC(=O)C[NH+](C)CC(=O)Nc1ccc(OC(F)(F)F)cc1)c1ccco1. The van der Waals surface area contributed by atoms with Crippen LogP contribution in [-0.4, -0.2) is 38.3 Å². The maximum Gasteiger partial charge on any atom is 0.573 e. The number of hydrogen-bond acceptors (Lipinski definition) is 4. The summed E-state index contributed by atoms with van der Waals surface area (Å²) in [7, 11) is 1.68. The standard InChI is InChI=1S/C18H20F3N3O4/c1-12(15-4-3-9-27-15)22-16(25)10-24(2)11-17(26)23-13-5-7-14(8-6-13)28-18(19,20)21/h3-9,12H,10-11H2,1-2H3,(H,22,25)(H,23,26)/p+1/t12-/m1/s1. The highest BCUT2D eigenvalue weighted by Crippen LogP contribution is 2.23. The maximum absolute atomic E-state index is 12.1. The van der Waals surface area contributed by atoms with Crippen LogP contribution in [0.2, 0.25) is 0 Å². The molecule has 2 aromatic rings. The van der Waals surface area contributed by atoms with E-state index in [0.717, 1.165) is 12.1 Å². The molecule has 0 aliphatic carbocycles. The van der Waals surface area contributed by atoms with Gasteiger partial charge in [0.2, 0.25) is 0 Å². The summed E-state index contributed by atoms with van der Waals surface area (Å²) in [5.41, 5.74) is 0.322. The number of ether oxygens (including phenoxy) is 1. The number of halogens is 3. The van der Waals surface area contributed by atoms with Gasteiger partial charge in [-0.2, -0.15) is 0 Å². The Morgan fingerprint density at radius 2 is 1.79 bits per heavy atom. The number of hydrogen-bond donors (Lipinski definition) is 3. The molecule has 0 aliphatic rings. The fourth-order valence-corrected chi connectivity index (χ4v) is 2.46. The molecule has 3 N–H and O–H groups in total. The highest BCUT2D eigenvalue weighted by atomic mass is 19.4. The average Bonchev–Trinajstić information content (AvgIpc) is 3.09. The lowest BCUT2D eigenvalue weighted by Crippen LogP contribution is -3.11. The molecule has 0 saturated heterocycles. The zero-order chi connectivity index (χ0) is 20.7. The van der Waals surface area contributed by atoms with E-state index in [0.29, 0.717) is 16.3 Å². The number of carbonyl (C=O) groups is 2. The summed E-state index contributed by atoms with van der Waals surface area (Å²) < 4.78 is 45.3. The molecule has 0 fully saturated rings. The van der Waals surface area contributed by atoms with Gasteiger partial charge in [-0.25, -0.2) is 0 Å². The van der Waals surface area contributed by atoms with Crippen molar-refractivity contribution >= 4 is 17.5 Å². The average molecular weight is 400 g/mol. The first-order valence-electron chi connectivity index (χ1n) is 8.42. The molecule has 1 unspecified atom stereocenters. The Balaban J connectivity index is 1.76. The molecule has 0 aliphatic heterocycles. The Morgan fingerprint density at radius 3 is 2.36 bits per heavy atom. The van der Waals surface area contributed by atoms with E-state index in [-0.39, 0.29) is 36.7 Å². The van der Waals surface area contributed by atoms with Crippen LogP contribution in [0.1, 0.15) is 18.7 Å². The number of furan rings is 1. The molecular weight excluding hydrogens is 379 g/mol. The molecule has 10 heteroatoms. The molecule has 2 atom stereocenters. The lowest BCUT2D eigenvalue weighted by atomic mass is 10.2. The van der Waals surface area contributed by atoms with Gasteiger partial charge in [0.15, 0.2) is 13.1 Å². The van der Waals surface area contributed by atoms with E-state index in [9.17, 15) is 22.8 Å². The quantitative estimate of drug-likeness (QED) is 0.627. The van der Waals surface area contributed by atoms with Crippen molar-refractivity contribution in [1.82, 2.24) is 5.32 Å². The molecule has 0 spiro atoms. The minimum absolute atomic E-state index is 0.00333. The van der Waals surface area contributed by atoms with Crippen LogP contribution in [0.5, 0.6) is 5.75 Å². The summed E-state index contributed by atoms with van der Waals surface area (Å²) in [6, 6.07) is 7.98. The van der Waals surface area contributed by atoms with Crippen molar-refractivity contribution in [3.8, 4) is 5.75 Å². The van der Waals surface area contributed by atoms with Gasteiger partial charge in [0.1, 0.15) is 11.5 Å². The fourth-order valence-electron chi connectivity index (χ4n) is 2.46. The maximum atomic E-state index is 12.1. The second kappa shape index (κ2) is 9.27.